The molecule has 1 aromatic carbocycles. The molecule has 1 amide bonds. The van der Waals surface area contributed by atoms with Gasteiger partial charge in [0.25, 0.3) is 5.91 Å². The molecule has 0 saturated heterocycles. The third-order valence-corrected chi connectivity index (χ3v) is 2.95. The van der Waals surface area contributed by atoms with Crippen molar-refractivity contribution in [3.63, 3.8) is 0 Å². The molecule has 4 nitrogen and oxygen atoms in total. The van der Waals surface area contributed by atoms with Crippen molar-refractivity contribution in [3.8, 4) is 5.75 Å². The number of hydrogen-bond acceptors (Lipinski definition) is 3. The molecular formula is C13H15ClN2O2. The lowest BCUT2D eigenvalue weighted by molar-refractivity contribution is -0.122. The van der Waals surface area contributed by atoms with E-state index in [1.54, 1.807) is 24.3 Å². The maximum atomic E-state index is 11.6. The van der Waals surface area contributed by atoms with Crippen molar-refractivity contribution in [1.29, 1.82) is 0 Å². The van der Waals surface area contributed by atoms with Gasteiger partial charge in [-0.3, -0.25) is 4.79 Å². The van der Waals surface area contributed by atoms with Gasteiger partial charge in [-0.25, -0.2) is 0 Å². The summed E-state index contributed by atoms with van der Waals surface area (Å²) in [6, 6.07) is 7.28. The zero-order valence-corrected chi connectivity index (χ0v) is 10.8. The number of halogens is 1. The molecular weight excluding hydrogens is 252 g/mol. The zero-order chi connectivity index (χ0) is 13.0. The fourth-order valence-corrected chi connectivity index (χ4v) is 1.75. The third-order valence-electron chi connectivity index (χ3n) is 2.70. The summed E-state index contributed by atoms with van der Waals surface area (Å²) in [5.74, 6) is 0.482. The van der Waals surface area contributed by atoms with E-state index in [1.165, 1.54) is 0 Å². The summed E-state index contributed by atoms with van der Waals surface area (Å²) in [5.41, 5.74) is 0.944. The number of ether oxygens (including phenoxy) is 1. The molecule has 2 rings (SSSR count). The molecule has 1 atom stereocenters. The van der Waals surface area contributed by atoms with Crippen LogP contribution in [0.25, 0.3) is 0 Å². The summed E-state index contributed by atoms with van der Waals surface area (Å²) in [5, 5.41) is 6.53. The second-order valence-electron chi connectivity index (χ2n) is 4.08. The summed E-state index contributed by atoms with van der Waals surface area (Å²) < 4.78 is 5.33. The number of carbonyl (C=O) groups excluding carboxylic acids is 1. The predicted octanol–water partition coefficient (Wildman–Crippen LogP) is 1.71. The highest BCUT2D eigenvalue weighted by atomic mass is 35.5. The minimum atomic E-state index is -0.147. The molecule has 5 heteroatoms. The molecule has 2 N–H and O–H groups in total. The van der Waals surface area contributed by atoms with Gasteiger partial charge in [0.15, 0.2) is 6.61 Å². The van der Waals surface area contributed by atoms with Gasteiger partial charge in [-0.1, -0.05) is 11.6 Å². The quantitative estimate of drug-likeness (QED) is 0.853. The molecule has 96 valence electrons. The fraction of sp³-hybridized carbons (Fsp3) is 0.308. The average Bonchev–Trinajstić information content (AvgIpc) is 2.32. The Balaban J connectivity index is 1.74. The first kappa shape index (κ1) is 12.9. The monoisotopic (exact) mass is 266 g/mol. The standard InChI is InChI=1S/C13H15ClN2O2/c1-15-10-6-11(7-10)16-13(17)8-18-12-4-2-9(14)3-5-12/h2-6,10,15H,7-8H2,1H3,(H,16,17). The number of rotatable bonds is 5. The first-order valence-electron chi connectivity index (χ1n) is 5.73. The number of amides is 1. The first-order chi connectivity index (χ1) is 8.67. The van der Waals surface area contributed by atoms with Gasteiger partial charge in [0.1, 0.15) is 5.75 Å². The highest BCUT2D eigenvalue weighted by Crippen LogP contribution is 2.16. The van der Waals surface area contributed by atoms with Gasteiger partial charge in [0.05, 0.1) is 0 Å². The molecule has 0 heterocycles. The molecule has 0 spiro atoms. The second-order valence-corrected chi connectivity index (χ2v) is 4.52. The van der Waals surface area contributed by atoms with Crippen LogP contribution in [0, 0.1) is 0 Å². The summed E-state index contributed by atoms with van der Waals surface area (Å²) >= 11 is 5.75. The van der Waals surface area contributed by atoms with E-state index in [-0.39, 0.29) is 12.5 Å². The average molecular weight is 267 g/mol. The molecule has 0 aliphatic heterocycles. The zero-order valence-electron chi connectivity index (χ0n) is 10.1. The third kappa shape index (κ3) is 3.48. The Morgan fingerprint density at radius 1 is 1.44 bits per heavy atom. The Kier molecular flexibility index (Phi) is 4.23. The minimum Gasteiger partial charge on any atom is -0.484 e. The summed E-state index contributed by atoms with van der Waals surface area (Å²) in [6.45, 7) is 0.00317. The van der Waals surface area contributed by atoms with Crippen LogP contribution in [0.4, 0.5) is 0 Å². The lowest BCUT2D eigenvalue weighted by Gasteiger charge is -2.25. The van der Waals surface area contributed by atoms with E-state index in [0.29, 0.717) is 16.8 Å². The van der Waals surface area contributed by atoms with Gasteiger partial charge in [-0.15, -0.1) is 0 Å². The largest absolute Gasteiger partial charge is 0.484 e. The fourth-order valence-electron chi connectivity index (χ4n) is 1.62. The number of nitrogens with one attached hydrogen (secondary N) is 2. The first-order valence-corrected chi connectivity index (χ1v) is 6.11. The van der Waals surface area contributed by atoms with Crippen LogP contribution in [0.2, 0.25) is 5.02 Å². The molecule has 0 bridgehead atoms. The molecule has 1 aromatic rings. The SMILES string of the molecule is CNC1C=C(NC(=O)COc2ccc(Cl)cc2)C1. The van der Waals surface area contributed by atoms with Crippen molar-refractivity contribution in [2.45, 2.75) is 12.5 Å². The van der Waals surface area contributed by atoms with Crippen LogP contribution in [0.5, 0.6) is 5.75 Å². The Labute approximate surface area is 111 Å². The van der Waals surface area contributed by atoms with Gasteiger partial charge < -0.3 is 15.4 Å². The number of hydrogen-bond donors (Lipinski definition) is 2. The smallest absolute Gasteiger partial charge is 0.262 e. The van der Waals surface area contributed by atoms with Gasteiger partial charge >= 0.3 is 0 Å². The molecule has 0 aromatic heterocycles. The minimum absolute atomic E-state index is 0.00317. The van der Waals surface area contributed by atoms with E-state index in [1.807, 2.05) is 13.1 Å². The highest BCUT2D eigenvalue weighted by molar-refractivity contribution is 6.30. The van der Waals surface area contributed by atoms with Crippen molar-refractivity contribution >= 4 is 17.5 Å². The van der Waals surface area contributed by atoms with Gasteiger partial charge in [0, 0.05) is 23.2 Å². The highest BCUT2D eigenvalue weighted by Gasteiger charge is 2.18. The summed E-state index contributed by atoms with van der Waals surface area (Å²) in [7, 11) is 1.89. The number of likely N-dealkylation sites (N-methyl/N-ethyl adjacent to an activating group) is 1. The van der Waals surface area contributed by atoms with Crippen molar-refractivity contribution in [2.75, 3.05) is 13.7 Å². The van der Waals surface area contributed by atoms with Crippen molar-refractivity contribution in [3.05, 3.63) is 41.1 Å². The summed E-state index contributed by atoms with van der Waals surface area (Å²) in [4.78, 5) is 11.6. The van der Waals surface area contributed by atoms with Gasteiger partial charge in [-0.05, 0) is 37.4 Å². The van der Waals surface area contributed by atoms with E-state index in [2.05, 4.69) is 10.6 Å². The van der Waals surface area contributed by atoms with Crippen molar-refractivity contribution < 1.29 is 9.53 Å². The molecule has 18 heavy (non-hydrogen) atoms. The van der Waals surface area contributed by atoms with Crippen LogP contribution < -0.4 is 15.4 Å². The normalized spacial score (nSPS) is 17.7. The van der Waals surface area contributed by atoms with E-state index in [0.717, 1.165) is 12.1 Å². The predicted molar refractivity (Wildman–Crippen MR) is 70.6 cm³/mol. The lowest BCUT2D eigenvalue weighted by atomic mass is 10.00. The second kappa shape index (κ2) is 5.89. The van der Waals surface area contributed by atoms with E-state index in [9.17, 15) is 4.79 Å². The van der Waals surface area contributed by atoms with Crippen molar-refractivity contribution in [1.82, 2.24) is 10.6 Å². The molecule has 1 aliphatic rings. The topological polar surface area (TPSA) is 50.4 Å². The van der Waals surface area contributed by atoms with E-state index in [4.69, 9.17) is 16.3 Å². The Hall–Kier alpha value is -1.52. The van der Waals surface area contributed by atoms with Crippen LogP contribution in [0.15, 0.2) is 36.0 Å². The van der Waals surface area contributed by atoms with Crippen LogP contribution in [0.1, 0.15) is 6.42 Å². The van der Waals surface area contributed by atoms with Crippen LogP contribution in [0.3, 0.4) is 0 Å². The molecule has 1 aliphatic carbocycles. The maximum absolute atomic E-state index is 11.6. The van der Waals surface area contributed by atoms with Crippen LogP contribution in [-0.4, -0.2) is 25.6 Å². The molecule has 0 radical (unpaired) electrons. The number of carbonyl (C=O) groups is 1. The van der Waals surface area contributed by atoms with Gasteiger partial charge in [-0.2, -0.15) is 0 Å². The lowest BCUT2D eigenvalue weighted by Crippen LogP contribution is -2.39. The Bertz CT molecular complexity index is 457. The van der Waals surface area contributed by atoms with E-state index < -0.39 is 0 Å². The number of benzene rings is 1. The van der Waals surface area contributed by atoms with E-state index >= 15 is 0 Å². The Morgan fingerprint density at radius 2 is 2.11 bits per heavy atom. The molecule has 1 unspecified atom stereocenters. The van der Waals surface area contributed by atoms with Gasteiger partial charge in [0.2, 0.25) is 0 Å². The van der Waals surface area contributed by atoms with Crippen molar-refractivity contribution in [2.24, 2.45) is 0 Å². The maximum Gasteiger partial charge on any atom is 0.262 e. The molecule has 0 fully saturated rings. The molecule has 0 saturated carbocycles. The summed E-state index contributed by atoms with van der Waals surface area (Å²) in [6.07, 6.45) is 2.84. The van der Waals surface area contributed by atoms with Crippen LogP contribution in [-0.2, 0) is 4.79 Å². The van der Waals surface area contributed by atoms with Crippen LogP contribution >= 0.6 is 11.6 Å². The Morgan fingerprint density at radius 3 is 2.72 bits per heavy atom.